The number of likely N-dealkylation sites (tertiary alicyclic amines) is 1. The molecule has 5 nitrogen and oxygen atoms in total. The Kier molecular flexibility index (Phi) is 4.60. The van der Waals surface area contributed by atoms with Crippen LogP contribution >= 0.6 is 11.5 Å². The van der Waals surface area contributed by atoms with Crippen LogP contribution in [0.4, 0.5) is 19.9 Å². The van der Waals surface area contributed by atoms with E-state index in [4.69, 9.17) is 0 Å². The standard InChI is InChI=1S/C16H25F2N5S/c17-16(18)5-10-22(11-6-16)14-19-15(24-20-14)23-9-3-4-13(23)12-21-7-1-2-8-21/h13H,1-12H2/t13-/m0/s1. The number of hydrogen-bond acceptors (Lipinski definition) is 6. The van der Waals surface area contributed by atoms with Crippen LogP contribution in [0.3, 0.4) is 0 Å². The molecule has 1 atom stereocenters. The average Bonchev–Trinajstić information content (AvgIpc) is 3.28. The van der Waals surface area contributed by atoms with E-state index in [1.807, 2.05) is 4.90 Å². The van der Waals surface area contributed by atoms with E-state index in [1.165, 1.54) is 50.3 Å². The van der Waals surface area contributed by atoms with Crippen LogP contribution in [0, 0.1) is 0 Å². The van der Waals surface area contributed by atoms with Gasteiger partial charge in [0.1, 0.15) is 0 Å². The first-order chi connectivity index (χ1) is 11.6. The van der Waals surface area contributed by atoms with Gasteiger partial charge in [-0.05, 0) is 38.8 Å². The lowest BCUT2D eigenvalue weighted by atomic mass is 10.1. The third-order valence-electron chi connectivity index (χ3n) is 5.47. The van der Waals surface area contributed by atoms with Gasteiger partial charge in [0.25, 0.3) is 5.92 Å². The fourth-order valence-corrected chi connectivity index (χ4v) is 4.81. The molecule has 0 spiro atoms. The predicted octanol–water partition coefficient (Wildman–Crippen LogP) is 2.84. The quantitative estimate of drug-likeness (QED) is 0.828. The van der Waals surface area contributed by atoms with Gasteiger partial charge in [0.2, 0.25) is 11.1 Å². The van der Waals surface area contributed by atoms with Crippen LogP contribution in [0.1, 0.15) is 38.5 Å². The molecule has 0 bridgehead atoms. The van der Waals surface area contributed by atoms with E-state index in [0.29, 0.717) is 25.1 Å². The maximum atomic E-state index is 13.3. The number of halogens is 2. The van der Waals surface area contributed by atoms with Gasteiger partial charge in [0.15, 0.2) is 0 Å². The molecule has 0 aliphatic carbocycles. The van der Waals surface area contributed by atoms with Crippen molar-refractivity contribution < 1.29 is 8.78 Å². The molecule has 0 aromatic carbocycles. The van der Waals surface area contributed by atoms with Crippen LogP contribution < -0.4 is 9.80 Å². The summed E-state index contributed by atoms with van der Waals surface area (Å²) in [5.41, 5.74) is 0. The second-order valence-electron chi connectivity index (χ2n) is 7.22. The number of anilines is 2. The summed E-state index contributed by atoms with van der Waals surface area (Å²) in [6.07, 6.45) is 4.85. The van der Waals surface area contributed by atoms with Gasteiger partial charge in [0.05, 0.1) is 0 Å². The topological polar surface area (TPSA) is 35.5 Å². The monoisotopic (exact) mass is 357 g/mol. The van der Waals surface area contributed by atoms with Gasteiger partial charge in [0, 0.05) is 56.6 Å². The number of nitrogens with zero attached hydrogens (tertiary/aromatic N) is 5. The minimum Gasteiger partial charge on any atom is -0.343 e. The number of piperidine rings is 1. The summed E-state index contributed by atoms with van der Waals surface area (Å²) in [5, 5.41) is 0.962. The van der Waals surface area contributed by atoms with Gasteiger partial charge in [-0.3, -0.25) is 0 Å². The lowest BCUT2D eigenvalue weighted by molar-refractivity contribution is -0.0222. The second-order valence-corrected chi connectivity index (χ2v) is 7.95. The molecule has 1 aromatic rings. The smallest absolute Gasteiger partial charge is 0.251 e. The van der Waals surface area contributed by atoms with Gasteiger partial charge in [-0.25, -0.2) is 8.78 Å². The molecule has 1 aromatic heterocycles. The van der Waals surface area contributed by atoms with Crippen molar-refractivity contribution in [1.82, 2.24) is 14.3 Å². The predicted molar refractivity (Wildman–Crippen MR) is 92.3 cm³/mol. The highest BCUT2D eigenvalue weighted by Gasteiger charge is 2.36. The van der Waals surface area contributed by atoms with Gasteiger partial charge >= 0.3 is 0 Å². The minimum atomic E-state index is -2.52. The summed E-state index contributed by atoms with van der Waals surface area (Å²) in [6.45, 7) is 5.28. The summed E-state index contributed by atoms with van der Waals surface area (Å²) >= 11 is 1.42. The van der Waals surface area contributed by atoms with Crippen molar-refractivity contribution in [2.24, 2.45) is 0 Å². The van der Waals surface area contributed by atoms with Crippen molar-refractivity contribution in [2.45, 2.75) is 50.5 Å². The highest BCUT2D eigenvalue weighted by molar-refractivity contribution is 7.09. The van der Waals surface area contributed by atoms with Gasteiger partial charge < -0.3 is 14.7 Å². The van der Waals surface area contributed by atoms with E-state index < -0.39 is 5.92 Å². The molecule has 3 aliphatic rings. The van der Waals surface area contributed by atoms with Crippen molar-refractivity contribution in [3.05, 3.63) is 0 Å². The molecular weight excluding hydrogens is 332 g/mol. The third kappa shape index (κ3) is 3.49. The molecule has 134 valence electrons. The Morgan fingerprint density at radius 3 is 2.54 bits per heavy atom. The Morgan fingerprint density at radius 2 is 1.79 bits per heavy atom. The van der Waals surface area contributed by atoms with Gasteiger partial charge in [-0.15, -0.1) is 0 Å². The zero-order valence-electron chi connectivity index (χ0n) is 14.0. The molecule has 0 amide bonds. The summed E-state index contributed by atoms with van der Waals surface area (Å²) in [5.74, 6) is -1.89. The first kappa shape index (κ1) is 16.4. The van der Waals surface area contributed by atoms with Crippen molar-refractivity contribution in [3.63, 3.8) is 0 Å². The molecule has 0 saturated carbocycles. The zero-order chi connectivity index (χ0) is 16.6. The first-order valence-electron chi connectivity index (χ1n) is 9.06. The summed E-state index contributed by atoms with van der Waals surface area (Å²) < 4.78 is 31.1. The minimum absolute atomic E-state index is 0.0944. The van der Waals surface area contributed by atoms with E-state index in [-0.39, 0.29) is 12.8 Å². The van der Waals surface area contributed by atoms with Crippen LogP contribution in [0.2, 0.25) is 0 Å². The lowest BCUT2D eigenvalue weighted by Crippen LogP contribution is -2.40. The lowest BCUT2D eigenvalue weighted by Gasteiger charge is -2.31. The number of rotatable bonds is 4. The Hall–Kier alpha value is -1.02. The Labute approximate surface area is 145 Å². The Balaban J connectivity index is 1.40. The van der Waals surface area contributed by atoms with E-state index in [9.17, 15) is 8.78 Å². The van der Waals surface area contributed by atoms with E-state index in [1.54, 1.807) is 0 Å². The van der Waals surface area contributed by atoms with Crippen LogP contribution in [0.5, 0.6) is 0 Å². The fourth-order valence-electron chi connectivity index (χ4n) is 4.03. The molecule has 24 heavy (non-hydrogen) atoms. The normalized spacial score (nSPS) is 28.0. The molecule has 4 heterocycles. The molecular formula is C16H25F2N5S. The van der Waals surface area contributed by atoms with Crippen molar-refractivity contribution in [3.8, 4) is 0 Å². The number of hydrogen-bond donors (Lipinski definition) is 0. The van der Waals surface area contributed by atoms with Crippen molar-refractivity contribution in [2.75, 3.05) is 49.1 Å². The van der Waals surface area contributed by atoms with Gasteiger partial charge in [-0.2, -0.15) is 9.36 Å². The van der Waals surface area contributed by atoms with Crippen LogP contribution in [0.15, 0.2) is 0 Å². The molecule has 3 fully saturated rings. The first-order valence-corrected chi connectivity index (χ1v) is 9.84. The zero-order valence-corrected chi connectivity index (χ0v) is 14.8. The molecule has 0 unspecified atom stereocenters. The summed E-state index contributed by atoms with van der Waals surface area (Å²) in [4.78, 5) is 11.5. The maximum Gasteiger partial charge on any atom is 0.251 e. The summed E-state index contributed by atoms with van der Waals surface area (Å²) in [6, 6.07) is 0.523. The molecule has 4 rings (SSSR count). The molecule has 3 saturated heterocycles. The fraction of sp³-hybridized carbons (Fsp3) is 0.875. The Morgan fingerprint density at radius 1 is 1.04 bits per heavy atom. The second kappa shape index (κ2) is 6.71. The highest BCUT2D eigenvalue weighted by Crippen LogP contribution is 2.33. The number of alkyl halides is 2. The summed E-state index contributed by atoms with van der Waals surface area (Å²) in [7, 11) is 0. The van der Waals surface area contributed by atoms with Gasteiger partial charge in [-0.1, -0.05) is 0 Å². The molecule has 8 heteroatoms. The van der Waals surface area contributed by atoms with Crippen molar-refractivity contribution >= 4 is 22.6 Å². The Bertz CT molecular complexity index is 550. The highest BCUT2D eigenvalue weighted by atomic mass is 32.1. The van der Waals surface area contributed by atoms with Crippen LogP contribution in [-0.4, -0.2) is 65.5 Å². The number of aromatic nitrogens is 2. The third-order valence-corrected chi connectivity index (χ3v) is 6.22. The SMILES string of the molecule is FC1(F)CCN(c2nsc(N3CCC[C@H]3CN3CCCC3)n2)CC1. The van der Waals surface area contributed by atoms with Crippen LogP contribution in [-0.2, 0) is 0 Å². The average molecular weight is 357 g/mol. The molecule has 3 aliphatic heterocycles. The van der Waals surface area contributed by atoms with Crippen LogP contribution in [0.25, 0.3) is 0 Å². The van der Waals surface area contributed by atoms with Crippen molar-refractivity contribution in [1.29, 1.82) is 0 Å². The maximum absolute atomic E-state index is 13.3. The van der Waals surface area contributed by atoms with E-state index in [0.717, 1.165) is 18.2 Å². The largest absolute Gasteiger partial charge is 0.343 e. The molecule has 0 N–H and O–H groups in total. The molecule has 0 radical (unpaired) electrons. The van der Waals surface area contributed by atoms with E-state index in [2.05, 4.69) is 19.2 Å². The van der Waals surface area contributed by atoms with E-state index >= 15 is 0 Å².